The lowest BCUT2D eigenvalue weighted by molar-refractivity contribution is -0.143. The van der Waals surface area contributed by atoms with Crippen molar-refractivity contribution < 1.29 is 14.3 Å². The highest BCUT2D eigenvalue weighted by atomic mass is 16.5. The van der Waals surface area contributed by atoms with Crippen molar-refractivity contribution in [2.45, 2.75) is 39.8 Å². The quantitative estimate of drug-likeness (QED) is 0.651. The summed E-state index contributed by atoms with van der Waals surface area (Å²) in [5.74, 6) is -0.567. The highest BCUT2D eigenvalue weighted by Gasteiger charge is 2.47. The van der Waals surface area contributed by atoms with Gasteiger partial charge in [-0.05, 0) is 69.2 Å². The molecule has 2 N–H and O–H groups in total. The predicted molar refractivity (Wildman–Crippen MR) is 115 cm³/mol. The van der Waals surface area contributed by atoms with Crippen molar-refractivity contribution in [2.75, 3.05) is 10.6 Å². The molecule has 1 aliphatic heterocycles. The van der Waals surface area contributed by atoms with Crippen LogP contribution in [0.15, 0.2) is 48.5 Å². The largest absolute Gasteiger partial charge is 0.466 e. The number of carbonyl (C=O) groups is 2. The van der Waals surface area contributed by atoms with E-state index in [9.17, 15) is 9.59 Å². The number of rotatable bonds is 4. The van der Waals surface area contributed by atoms with Gasteiger partial charge in [-0.3, -0.25) is 14.3 Å². The first-order chi connectivity index (χ1) is 14.2. The maximum absolute atomic E-state index is 13.0. The second-order valence-corrected chi connectivity index (χ2v) is 7.83. The molecular formula is C23H24N4O3. The van der Waals surface area contributed by atoms with E-state index in [2.05, 4.69) is 15.7 Å². The third kappa shape index (κ3) is 3.66. The van der Waals surface area contributed by atoms with E-state index in [-0.39, 0.29) is 0 Å². The number of nitrogens with one attached hydrogen (secondary N) is 2. The SMILES string of the molecule is Cc1ccc2c(c1)NC(=O)C(C)(C(=O)Nc1cccc(Cn3nc(C)cc3C)c1)O2. The fraction of sp³-hybridized carbons (Fsp3) is 0.261. The van der Waals surface area contributed by atoms with Crippen LogP contribution in [0.5, 0.6) is 5.75 Å². The topological polar surface area (TPSA) is 85.3 Å². The molecule has 0 saturated carbocycles. The zero-order valence-corrected chi connectivity index (χ0v) is 17.4. The number of nitrogens with zero attached hydrogens (tertiary/aromatic N) is 2. The van der Waals surface area contributed by atoms with Crippen LogP contribution in [0.2, 0.25) is 0 Å². The van der Waals surface area contributed by atoms with Crippen molar-refractivity contribution in [3.05, 3.63) is 71.0 Å². The molecule has 0 aliphatic carbocycles. The zero-order valence-electron chi connectivity index (χ0n) is 17.4. The zero-order chi connectivity index (χ0) is 21.5. The first-order valence-electron chi connectivity index (χ1n) is 9.77. The molecule has 0 saturated heterocycles. The molecule has 2 aromatic carbocycles. The number of hydrogen-bond acceptors (Lipinski definition) is 4. The molecule has 0 fully saturated rings. The van der Waals surface area contributed by atoms with Crippen LogP contribution < -0.4 is 15.4 Å². The molecule has 3 aromatic rings. The van der Waals surface area contributed by atoms with Crippen LogP contribution in [0.3, 0.4) is 0 Å². The van der Waals surface area contributed by atoms with Gasteiger partial charge < -0.3 is 15.4 Å². The Morgan fingerprint density at radius 3 is 2.70 bits per heavy atom. The van der Waals surface area contributed by atoms with Gasteiger partial charge in [0.2, 0.25) is 0 Å². The molecule has 154 valence electrons. The lowest BCUT2D eigenvalue weighted by atomic mass is 10.0. The summed E-state index contributed by atoms with van der Waals surface area (Å²) in [5, 5.41) is 10.1. The summed E-state index contributed by atoms with van der Waals surface area (Å²) in [6.45, 7) is 7.94. The molecule has 1 aromatic heterocycles. The molecule has 4 rings (SSSR count). The molecule has 30 heavy (non-hydrogen) atoms. The molecule has 7 heteroatoms. The second kappa shape index (κ2) is 7.33. The Hall–Kier alpha value is -3.61. The molecule has 1 unspecified atom stereocenters. The van der Waals surface area contributed by atoms with Gasteiger partial charge in [-0.25, -0.2) is 0 Å². The van der Waals surface area contributed by atoms with E-state index in [4.69, 9.17) is 4.74 Å². The van der Waals surface area contributed by atoms with Crippen molar-refractivity contribution >= 4 is 23.2 Å². The minimum Gasteiger partial charge on any atom is -0.466 e. The Labute approximate surface area is 175 Å². The van der Waals surface area contributed by atoms with Crippen LogP contribution in [0.1, 0.15) is 29.4 Å². The number of fused-ring (bicyclic) bond motifs is 1. The Kier molecular flexibility index (Phi) is 4.81. The van der Waals surface area contributed by atoms with Crippen molar-refractivity contribution in [3.8, 4) is 5.75 Å². The van der Waals surface area contributed by atoms with E-state index in [1.165, 1.54) is 6.92 Å². The predicted octanol–water partition coefficient (Wildman–Crippen LogP) is 3.58. The number of aryl methyl sites for hydroxylation is 3. The van der Waals surface area contributed by atoms with Crippen molar-refractivity contribution in [1.82, 2.24) is 9.78 Å². The summed E-state index contributed by atoms with van der Waals surface area (Å²) < 4.78 is 7.74. The number of ether oxygens (including phenoxy) is 1. The third-order valence-electron chi connectivity index (χ3n) is 5.18. The monoisotopic (exact) mass is 404 g/mol. The summed E-state index contributed by atoms with van der Waals surface area (Å²) >= 11 is 0. The van der Waals surface area contributed by atoms with Crippen LogP contribution in [0.25, 0.3) is 0 Å². The highest BCUT2D eigenvalue weighted by Crippen LogP contribution is 2.34. The van der Waals surface area contributed by atoms with E-state index in [1.807, 2.05) is 61.9 Å². The van der Waals surface area contributed by atoms with Crippen LogP contribution in [0, 0.1) is 20.8 Å². The van der Waals surface area contributed by atoms with Crippen LogP contribution >= 0.6 is 0 Å². The number of benzene rings is 2. The van der Waals surface area contributed by atoms with Gasteiger partial charge >= 0.3 is 0 Å². The van der Waals surface area contributed by atoms with Gasteiger partial charge in [-0.15, -0.1) is 0 Å². The number of hydrogen-bond donors (Lipinski definition) is 2. The first-order valence-corrected chi connectivity index (χ1v) is 9.77. The maximum atomic E-state index is 13.0. The smallest absolute Gasteiger partial charge is 0.278 e. The van der Waals surface area contributed by atoms with E-state index >= 15 is 0 Å². The summed E-state index contributed by atoms with van der Waals surface area (Å²) in [4.78, 5) is 25.7. The van der Waals surface area contributed by atoms with E-state index in [1.54, 1.807) is 12.1 Å². The molecule has 1 atom stereocenters. The standard InChI is InChI=1S/C23H24N4O3/c1-14-8-9-20-19(10-14)25-22(29)23(4,30-20)21(28)24-18-7-5-6-17(12-18)13-27-16(3)11-15(2)26-27/h5-12H,13H2,1-4H3,(H,24,28)(H,25,29). The van der Waals surface area contributed by atoms with Crippen molar-refractivity contribution in [2.24, 2.45) is 0 Å². The van der Waals surface area contributed by atoms with Gasteiger partial charge in [0.05, 0.1) is 17.9 Å². The first kappa shape index (κ1) is 19.7. The normalized spacial score (nSPS) is 17.7. The van der Waals surface area contributed by atoms with Crippen LogP contribution in [-0.4, -0.2) is 27.2 Å². The second-order valence-electron chi connectivity index (χ2n) is 7.83. The Morgan fingerprint density at radius 2 is 1.97 bits per heavy atom. The van der Waals surface area contributed by atoms with E-state index in [0.29, 0.717) is 23.7 Å². The Balaban J connectivity index is 1.53. The lowest BCUT2D eigenvalue weighted by Gasteiger charge is -2.33. The summed E-state index contributed by atoms with van der Waals surface area (Å²) in [6.07, 6.45) is 0. The molecule has 2 amide bonds. The summed E-state index contributed by atoms with van der Waals surface area (Å²) in [6, 6.07) is 14.9. The van der Waals surface area contributed by atoms with Gasteiger partial charge in [0.1, 0.15) is 5.75 Å². The molecule has 2 heterocycles. The average molecular weight is 404 g/mol. The summed E-state index contributed by atoms with van der Waals surface area (Å²) in [5.41, 5.74) is 3.48. The Morgan fingerprint density at radius 1 is 1.17 bits per heavy atom. The van der Waals surface area contributed by atoms with Gasteiger partial charge in [-0.1, -0.05) is 18.2 Å². The fourth-order valence-corrected chi connectivity index (χ4v) is 3.49. The molecule has 0 spiro atoms. The van der Waals surface area contributed by atoms with Gasteiger partial charge in [0, 0.05) is 11.4 Å². The number of amides is 2. The van der Waals surface area contributed by atoms with E-state index < -0.39 is 17.4 Å². The number of anilines is 2. The average Bonchev–Trinajstić information content (AvgIpc) is 3.00. The van der Waals surface area contributed by atoms with Crippen LogP contribution in [0.4, 0.5) is 11.4 Å². The van der Waals surface area contributed by atoms with Gasteiger partial charge in [0.15, 0.2) is 0 Å². The Bertz CT molecular complexity index is 1150. The van der Waals surface area contributed by atoms with Crippen molar-refractivity contribution in [3.63, 3.8) is 0 Å². The van der Waals surface area contributed by atoms with Gasteiger partial charge in [0.25, 0.3) is 17.4 Å². The van der Waals surface area contributed by atoms with Crippen molar-refractivity contribution in [1.29, 1.82) is 0 Å². The molecule has 1 aliphatic rings. The molecular weight excluding hydrogens is 380 g/mol. The van der Waals surface area contributed by atoms with Crippen LogP contribution in [-0.2, 0) is 16.1 Å². The number of carbonyl (C=O) groups excluding carboxylic acids is 2. The minimum atomic E-state index is -1.67. The van der Waals surface area contributed by atoms with Gasteiger partial charge in [-0.2, -0.15) is 5.10 Å². The lowest BCUT2D eigenvalue weighted by Crippen LogP contribution is -2.56. The molecule has 7 nitrogen and oxygen atoms in total. The fourth-order valence-electron chi connectivity index (χ4n) is 3.49. The minimum absolute atomic E-state index is 0.469. The highest BCUT2D eigenvalue weighted by molar-refractivity contribution is 6.19. The summed E-state index contributed by atoms with van der Waals surface area (Å²) in [7, 11) is 0. The van der Waals surface area contributed by atoms with E-state index in [0.717, 1.165) is 22.5 Å². The molecule has 0 bridgehead atoms. The maximum Gasteiger partial charge on any atom is 0.278 e. The third-order valence-corrected chi connectivity index (χ3v) is 5.18. The molecule has 0 radical (unpaired) electrons. The number of aromatic nitrogens is 2.